The summed E-state index contributed by atoms with van der Waals surface area (Å²) in [4.78, 5) is 25.0. The van der Waals surface area contributed by atoms with Crippen LogP contribution in [-0.4, -0.2) is 38.7 Å². The Balaban J connectivity index is 1.15. The van der Waals surface area contributed by atoms with Gasteiger partial charge in [0.25, 0.3) is 0 Å². The number of urea groups is 1. The Morgan fingerprint density at radius 2 is 1.63 bits per heavy atom. The van der Waals surface area contributed by atoms with E-state index in [2.05, 4.69) is 35.9 Å². The third-order valence-electron chi connectivity index (χ3n) is 7.58. The van der Waals surface area contributed by atoms with Crippen LogP contribution in [0, 0.1) is 11.3 Å². The van der Waals surface area contributed by atoms with Gasteiger partial charge in [0, 0.05) is 36.0 Å². The monoisotopic (exact) mass is 479 g/mol. The van der Waals surface area contributed by atoms with Crippen LogP contribution in [0.15, 0.2) is 48.5 Å². The highest BCUT2D eigenvalue weighted by Crippen LogP contribution is 2.58. The molecule has 2 saturated carbocycles. The summed E-state index contributed by atoms with van der Waals surface area (Å²) in [7, 11) is 3.31. The fourth-order valence-electron chi connectivity index (χ4n) is 5.51. The van der Waals surface area contributed by atoms with E-state index in [1.54, 1.807) is 14.2 Å². The summed E-state index contributed by atoms with van der Waals surface area (Å²) in [6.07, 6.45) is 3.69. The summed E-state index contributed by atoms with van der Waals surface area (Å²) in [5, 5.41) is 9.14. The average Bonchev–Trinajstić information content (AvgIpc) is 2.82. The van der Waals surface area contributed by atoms with Gasteiger partial charge in [0.05, 0.1) is 14.2 Å². The molecule has 35 heavy (non-hydrogen) atoms. The molecule has 2 aliphatic carbocycles. The molecule has 7 heteroatoms. The van der Waals surface area contributed by atoms with Gasteiger partial charge in [-0.3, -0.25) is 4.79 Å². The zero-order chi connectivity index (χ0) is 25.1. The summed E-state index contributed by atoms with van der Waals surface area (Å²) in [5.74, 6) is 1.83. The maximum absolute atomic E-state index is 12.8. The van der Waals surface area contributed by atoms with Crippen LogP contribution < -0.4 is 25.4 Å². The molecule has 0 saturated heterocycles. The molecule has 0 aromatic heterocycles. The summed E-state index contributed by atoms with van der Waals surface area (Å²) in [6.45, 7) is 5.28. The number of hydrogen-bond acceptors (Lipinski definition) is 4. The number of carbonyl (C=O) groups excluding carboxylic acids is 2. The second kappa shape index (κ2) is 10.2. The van der Waals surface area contributed by atoms with Crippen LogP contribution in [0.2, 0.25) is 0 Å². The molecule has 2 aromatic rings. The molecular formula is C28H37N3O4. The molecule has 188 valence electrons. The van der Waals surface area contributed by atoms with E-state index < -0.39 is 0 Å². The van der Waals surface area contributed by atoms with E-state index in [1.165, 1.54) is 0 Å². The Morgan fingerprint density at radius 1 is 0.943 bits per heavy atom. The van der Waals surface area contributed by atoms with Gasteiger partial charge >= 0.3 is 6.03 Å². The molecule has 7 nitrogen and oxygen atoms in total. The van der Waals surface area contributed by atoms with Crippen molar-refractivity contribution in [2.45, 2.75) is 57.5 Å². The Morgan fingerprint density at radius 3 is 2.29 bits per heavy atom. The van der Waals surface area contributed by atoms with Crippen molar-refractivity contribution in [3.8, 4) is 11.5 Å². The fraction of sp³-hybridized carbons (Fsp3) is 0.500. The summed E-state index contributed by atoms with van der Waals surface area (Å²) < 4.78 is 10.7. The number of hydrogen-bond donors (Lipinski definition) is 3. The number of ether oxygens (including phenoxy) is 2. The Bertz CT molecular complexity index is 1040. The number of carbonyl (C=O) groups is 2. The zero-order valence-corrected chi connectivity index (χ0v) is 21.1. The summed E-state index contributed by atoms with van der Waals surface area (Å²) >= 11 is 0. The summed E-state index contributed by atoms with van der Waals surface area (Å²) in [6, 6.07) is 15.6. The van der Waals surface area contributed by atoms with Crippen LogP contribution in [0.25, 0.3) is 0 Å². The van der Waals surface area contributed by atoms with Crippen molar-refractivity contribution in [2.24, 2.45) is 11.3 Å². The molecule has 0 heterocycles. The van der Waals surface area contributed by atoms with Crippen molar-refractivity contribution in [3.63, 3.8) is 0 Å². The lowest BCUT2D eigenvalue weighted by Crippen LogP contribution is -2.59. The highest BCUT2D eigenvalue weighted by Gasteiger charge is 2.55. The standard InChI is InChI=1S/C28H37N3O4/c1-27(2,23-7-5-6-8-24(23)35-4)18-30-25(32)20-13-28(14-20)15-21(16-28)31-26(33)29-17-19-9-11-22(34-3)12-10-19/h5-12,20-21H,13-18H2,1-4H3,(H,30,32)(H2,29,31,33). The van der Waals surface area contributed by atoms with Gasteiger partial charge in [-0.25, -0.2) is 4.79 Å². The molecular weight excluding hydrogens is 442 g/mol. The first-order chi connectivity index (χ1) is 16.7. The molecule has 2 aromatic carbocycles. The minimum Gasteiger partial charge on any atom is -0.497 e. The summed E-state index contributed by atoms with van der Waals surface area (Å²) in [5.41, 5.74) is 2.10. The van der Waals surface area contributed by atoms with Gasteiger partial charge in [-0.2, -0.15) is 0 Å². The molecule has 3 amide bonds. The van der Waals surface area contributed by atoms with Crippen LogP contribution in [0.4, 0.5) is 4.79 Å². The highest BCUT2D eigenvalue weighted by atomic mass is 16.5. The Hall–Kier alpha value is -3.22. The maximum atomic E-state index is 12.8. The Kier molecular flexibility index (Phi) is 7.24. The van der Waals surface area contributed by atoms with Crippen LogP contribution in [0.5, 0.6) is 11.5 Å². The zero-order valence-electron chi connectivity index (χ0n) is 21.1. The van der Waals surface area contributed by atoms with E-state index in [4.69, 9.17) is 9.47 Å². The van der Waals surface area contributed by atoms with Crippen molar-refractivity contribution in [3.05, 3.63) is 59.7 Å². The van der Waals surface area contributed by atoms with Crippen molar-refractivity contribution >= 4 is 11.9 Å². The maximum Gasteiger partial charge on any atom is 0.315 e. The third-order valence-corrected chi connectivity index (χ3v) is 7.58. The van der Waals surface area contributed by atoms with Gasteiger partial charge < -0.3 is 25.4 Å². The fourth-order valence-corrected chi connectivity index (χ4v) is 5.51. The van der Waals surface area contributed by atoms with E-state index in [1.807, 2.05) is 42.5 Å². The van der Waals surface area contributed by atoms with Crippen LogP contribution >= 0.6 is 0 Å². The van der Waals surface area contributed by atoms with Gasteiger partial charge in [-0.15, -0.1) is 0 Å². The number of para-hydroxylation sites is 1. The van der Waals surface area contributed by atoms with Crippen molar-refractivity contribution in [1.82, 2.24) is 16.0 Å². The molecule has 0 bridgehead atoms. The van der Waals surface area contributed by atoms with Crippen LogP contribution in [0.3, 0.4) is 0 Å². The molecule has 0 unspecified atom stereocenters. The smallest absolute Gasteiger partial charge is 0.315 e. The van der Waals surface area contributed by atoms with Gasteiger partial charge in [0.1, 0.15) is 11.5 Å². The topological polar surface area (TPSA) is 88.7 Å². The number of amides is 3. The normalized spacial score (nSPS) is 23.0. The number of methoxy groups -OCH3 is 2. The molecule has 4 rings (SSSR count). The van der Waals surface area contributed by atoms with Crippen molar-refractivity contribution in [1.29, 1.82) is 0 Å². The van der Waals surface area contributed by atoms with Crippen LogP contribution in [0.1, 0.15) is 50.7 Å². The van der Waals surface area contributed by atoms with Crippen molar-refractivity contribution < 1.29 is 19.1 Å². The minimum atomic E-state index is -0.228. The molecule has 2 aliphatic rings. The third kappa shape index (κ3) is 5.72. The van der Waals surface area contributed by atoms with E-state index in [9.17, 15) is 9.59 Å². The van der Waals surface area contributed by atoms with Gasteiger partial charge in [0.15, 0.2) is 0 Å². The molecule has 2 fully saturated rings. The molecule has 0 atom stereocenters. The molecule has 0 aliphatic heterocycles. The lowest BCUT2D eigenvalue weighted by atomic mass is 9.50. The second-order valence-electron chi connectivity index (χ2n) is 10.7. The average molecular weight is 480 g/mol. The first kappa shape index (κ1) is 24.9. The number of rotatable bonds is 9. The predicted molar refractivity (Wildman–Crippen MR) is 136 cm³/mol. The minimum absolute atomic E-state index is 0.0633. The van der Waals surface area contributed by atoms with E-state index in [0.29, 0.717) is 13.1 Å². The van der Waals surface area contributed by atoms with Gasteiger partial charge in [-0.05, 0) is 54.9 Å². The SMILES string of the molecule is COc1ccc(CNC(=O)NC2CC3(C2)CC(C(=O)NCC(C)(C)c2ccccc2OC)C3)cc1. The highest BCUT2D eigenvalue weighted by molar-refractivity contribution is 5.80. The number of benzene rings is 2. The largest absolute Gasteiger partial charge is 0.497 e. The first-order valence-corrected chi connectivity index (χ1v) is 12.3. The second-order valence-corrected chi connectivity index (χ2v) is 10.7. The molecule has 0 radical (unpaired) electrons. The quantitative estimate of drug-likeness (QED) is 0.504. The van der Waals surface area contributed by atoms with Crippen LogP contribution in [-0.2, 0) is 16.8 Å². The van der Waals surface area contributed by atoms with Gasteiger partial charge in [-0.1, -0.05) is 44.2 Å². The Labute approximate surface area is 208 Å². The van der Waals surface area contributed by atoms with E-state index in [-0.39, 0.29) is 34.7 Å². The predicted octanol–water partition coefficient (Wildman–Crippen LogP) is 4.16. The van der Waals surface area contributed by atoms with E-state index >= 15 is 0 Å². The lowest BCUT2D eigenvalue weighted by molar-refractivity contribution is -0.138. The van der Waals surface area contributed by atoms with Crippen molar-refractivity contribution in [2.75, 3.05) is 20.8 Å². The molecule has 1 spiro atoms. The molecule has 3 N–H and O–H groups in total. The van der Waals surface area contributed by atoms with E-state index in [0.717, 1.165) is 48.3 Å². The first-order valence-electron chi connectivity index (χ1n) is 12.3. The number of nitrogens with one attached hydrogen (secondary N) is 3. The van der Waals surface area contributed by atoms with Gasteiger partial charge in [0.2, 0.25) is 5.91 Å². The lowest BCUT2D eigenvalue weighted by Gasteiger charge is -2.57.